The molecule has 0 spiro atoms. The van der Waals surface area contributed by atoms with Gasteiger partial charge in [0.2, 0.25) is 10.0 Å². The molecular formula is C26H29NO5S2. The third-order valence-electron chi connectivity index (χ3n) is 6.36. The first-order valence-corrected chi connectivity index (χ1v) is 13.5. The molecule has 3 aromatic rings. The Balaban J connectivity index is 1.69. The van der Waals surface area contributed by atoms with Gasteiger partial charge in [-0.15, -0.1) is 11.3 Å². The maximum Gasteiger partial charge on any atom is 0.322 e. The fourth-order valence-corrected chi connectivity index (χ4v) is 7.39. The van der Waals surface area contributed by atoms with Crippen molar-refractivity contribution >= 4 is 27.3 Å². The molecule has 180 valence electrons. The van der Waals surface area contributed by atoms with E-state index in [4.69, 9.17) is 4.74 Å². The molecular weight excluding hydrogens is 470 g/mol. The van der Waals surface area contributed by atoms with Crippen LogP contribution in [0, 0.1) is 13.8 Å². The average Bonchev–Trinajstić information content (AvgIpc) is 3.19. The maximum absolute atomic E-state index is 13.7. The number of methoxy groups -OCH3 is 1. The van der Waals surface area contributed by atoms with Crippen LogP contribution in [0.2, 0.25) is 0 Å². The standard InChI is InChI=1S/C26H29NO5S2/c1-17-12-18(2)14-19(13-17)4-5-20-16-27(24(26(28)29)15-25-23(20)10-11-33-25)34(30,31)22-8-6-21(32-3)7-9-22/h6-14,20,24H,4-5,15-16H2,1-3H3,(H,28,29). The Morgan fingerprint density at radius 3 is 2.41 bits per heavy atom. The fourth-order valence-electron chi connectivity index (χ4n) is 4.76. The molecule has 0 aliphatic carbocycles. The first kappa shape index (κ1) is 24.4. The lowest BCUT2D eigenvalue weighted by Crippen LogP contribution is -2.46. The number of aryl methyl sites for hydroxylation is 3. The second-order valence-electron chi connectivity index (χ2n) is 8.84. The molecule has 0 bridgehead atoms. The molecule has 4 rings (SSSR count). The second kappa shape index (κ2) is 9.90. The van der Waals surface area contributed by atoms with Crippen LogP contribution < -0.4 is 4.74 Å². The molecule has 0 fully saturated rings. The van der Waals surface area contributed by atoms with Crippen LogP contribution in [-0.2, 0) is 27.7 Å². The lowest BCUT2D eigenvalue weighted by molar-refractivity contribution is -0.141. The normalized spacial score (nSPS) is 18.8. The van der Waals surface area contributed by atoms with E-state index in [9.17, 15) is 18.3 Å². The van der Waals surface area contributed by atoms with Gasteiger partial charge >= 0.3 is 5.97 Å². The Labute approximate surface area is 204 Å². The number of hydrogen-bond donors (Lipinski definition) is 1. The number of ether oxygens (including phenoxy) is 1. The van der Waals surface area contributed by atoms with Crippen molar-refractivity contribution < 1.29 is 23.1 Å². The molecule has 1 aliphatic rings. The summed E-state index contributed by atoms with van der Waals surface area (Å²) >= 11 is 1.50. The number of sulfonamides is 1. The molecule has 1 N–H and O–H groups in total. The lowest BCUT2D eigenvalue weighted by atomic mass is 9.92. The van der Waals surface area contributed by atoms with E-state index in [1.54, 1.807) is 12.1 Å². The zero-order valence-corrected chi connectivity index (χ0v) is 21.2. The minimum Gasteiger partial charge on any atom is -0.497 e. The van der Waals surface area contributed by atoms with Gasteiger partial charge in [0.1, 0.15) is 11.8 Å². The van der Waals surface area contributed by atoms with E-state index in [0.29, 0.717) is 5.75 Å². The Kier molecular flexibility index (Phi) is 7.12. The van der Waals surface area contributed by atoms with E-state index in [2.05, 4.69) is 32.0 Å². The van der Waals surface area contributed by atoms with Crippen molar-refractivity contribution in [3.8, 4) is 5.75 Å². The molecule has 0 amide bonds. The van der Waals surface area contributed by atoms with Crippen molar-refractivity contribution in [2.24, 2.45) is 0 Å². The van der Waals surface area contributed by atoms with Gasteiger partial charge in [0.15, 0.2) is 0 Å². The average molecular weight is 500 g/mol. The quantitative estimate of drug-likeness (QED) is 0.505. The van der Waals surface area contributed by atoms with Crippen LogP contribution in [0.4, 0.5) is 0 Å². The minimum atomic E-state index is -4.03. The summed E-state index contributed by atoms with van der Waals surface area (Å²) in [6, 6.07) is 13.4. The predicted octanol–water partition coefficient (Wildman–Crippen LogP) is 4.79. The van der Waals surface area contributed by atoms with E-state index in [1.165, 1.54) is 51.6 Å². The van der Waals surface area contributed by atoms with Gasteiger partial charge in [-0.25, -0.2) is 8.42 Å². The highest BCUT2D eigenvalue weighted by atomic mass is 32.2. The van der Waals surface area contributed by atoms with Gasteiger partial charge in [-0.2, -0.15) is 4.31 Å². The predicted molar refractivity (Wildman–Crippen MR) is 133 cm³/mol. The summed E-state index contributed by atoms with van der Waals surface area (Å²) in [7, 11) is -2.52. The Morgan fingerprint density at radius 2 is 1.79 bits per heavy atom. The van der Waals surface area contributed by atoms with Crippen molar-refractivity contribution in [1.29, 1.82) is 0 Å². The summed E-state index contributed by atoms with van der Waals surface area (Å²) in [6.07, 6.45) is 1.68. The molecule has 0 saturated carbocycles. The van der Waals surface area contributed by atoms with Crippen molar-refractivity contribution in [2.75, 3.05) is 13.7 Å². The van der Waals surface area contributed by atoms with Gasteiger partial charge in [-0.3, -0.25) is 4.79 Å². The second-order valence-corrected chi connectivity index (χ2v) is 11.7. The van der Waals surface area contributed by atoms with Crippen LogP contribution in [0.5, 0.6) is 5.75 Å². The molecule has 2 heterocycles. The number of hydrogen-bond acceptors (Lipinski definition) is 5. The SMILES string of the molecule is COc1ccc(S(=O)(=O)N2CC(CCc3cc(C)cc(C)c3)c3ccsc3CC2C(=O)O)cc1. The first-order valence-electron chi connectivity index (χ1n) is 11.2. The molecule has 2 unspecified atom stereocenters. The number of carboxylic acid groups (broad SMARTS) is 1. The van der Waals surface area contributed by atoms with Gasteiger partial charge in [-0.1, -0.05) is 29.3 Å². The molecule has 6 nitrogen and oxygen atoms in total. The summed E-state index contributed by atoms with van der Waals surface area (Å²) in [5.41, 5.74) is 4.66. The maximum atomic E-state index is 13.7. The number of benzene rings is 2. The van der Waals surface area contributed by atoms with Gasteiger partial charge in [-0.05, 0) is 79.4 Å². The van der Waals surface area contributed by atoms with Crippen molar-refractivity contribution in [3.63, 3.8) is 0 Å². The summed E-state index contributed by atoms with van der Waals surface area (Å²) in [6.45, 7) is 4.26. The lowest BCUT2D eigenvalue weighted by Gasteiger charge is -2.28. The number of rotatable bonds is 7. The van der Waals surface area contributed by atoms with Gasteiger partial charge in [0.05, 0.1) is 12.0 Å². The van der Waals surface area contributed by atoms with E-state index >= 15 is 0 Å². The van der Waals surface area contributed by atoms with Crippen LogP contribution >= 0.6 is 11.3 Å². The van der Waals surface area contributed by atoms with Crippen LogP contribution in [0.1, 0.15) is 39.5 Å². The smallest absolute Gasteiger partial charge is 0.322 e. The van der Waals surface area contributed by atoms with Crippen LogP contribution in [0.25, 0.3) is 0 Å². The molecule has 1 aliphatic heterocycles. The topological polar surface area (TPSA) is 83.9 Å². The highest BCUT2D eigenvalue weighted by Gasteiger charge is 2.41. The van der Waals surface area contributed by atoms with Crippen LogP contribution in [-0.4, -0.2) is 43.5 Å². The zero-order valence-electron chi connectivity index (χ0n) is 19.5. The van der Waals surface area contributed by atoms with E-state index in [1.807, 2.05) is 11.4 Å². The van der Waals surface area contributed by atoms with E-state index < -0.39 is 22.0 Å². The number of aliphatic carboxylic acids is 1. The fraction of sp³-hybridized carbons (Fsp3) is 0.346. The molecule has 2 aromatic carbocycles. The molecule has 0 saturated heterocycles. The molecule has 2 atom stereocenters. The van der Waals surface area contributed by atoms with E-state index in [0.717, 1.165) is 23.3 Å². The van der Waals surface area contributed by atoms with Gasteiger partial charge in [0.25, 0.3) is 0 Å². The highest BCUT2D eigenvalue weighted by Crippen LogP contribution is 2.37. The minimum absolute atomic E-state index is 0.0675. The third kappa shape index (κ3) is 5.04. The number of carbonyl (C=O) groups is 1. The Hall–Kier alpha value is -2.68. The van der Waals surface area contributed by atoms with Gasteiger partial charge in [0, 0.05) is 17.8 Å². The van der Waals surface area contributed by atoms with Crippen molar-refractivity contribution in [2.45, 2.75) is 50.0 Å². The largest absolute Gasteiger partial charge is 0.497 e. The number of thiophene rings is 1. The highest BCUT2D eigenvalue weighted by molar-refractivity contribution is 7.89. The van der Waals surface area contributed by atoms with Crippen molar-refractivity contribution in [3.05, 3.63) is 81.0 Å². The summed E-state index contributed by atoms with van der Waals surface area (Å²) in [5, 5.41) is 12.0. The van der Waals surface area contributed by atoms with Crippen LogP contribution in [0.3, 0.4) is 0 Å². The van der Waals surface area contributed by atoms with Gasteiger partial charge < -0.3 is 9.84 Å². The van der Waals surface area contributed by atoms with E-state index in [-0.39, 0.29) is 23.8 Å². The number of nitrogens with zero attached hydrogens (tertiary/aromatic N) is 1. The molecule has 0 radical (unpaired) electrons. The number of fused-ring (bicyclic) bond motifs is 1. The van der Waals surface area contributed by atoms with Crippen LogP contribution in [0.15, 0.2) is 58.8 Å². The third-order valence-corrected chi connectivity index (χ3v) is 9.21. The summed E-state index contributed by atoms with van der Waals surface area (Å²) < 4.78 is 33.7. The molecule has 8 heteroatoms. The Bertz CT molecular complexity index is 1260. The molecule has 34 heavy (non-hydrogen) atoms. The Morgan fingerprint density at radius 1 is 1.12 bits per heavy atom. The summed E-state index contributed by atoms with van der Waals surface area (Å²) in [5.74, 6) is -0.691. The number of carboxylic acids is 1. The first-order chi connectivity index (χ1) is 16.2. The monoisotopic (exact) mass is 499 g/mol. The van der Waals surface area contributed by atoms with Crippen molar-refractivity contribution in [1.82, 2.24) is 4.31 Å². The summed E-state index contributed by atoms with van der Waals surface area (Å²) in [4.78, 5) is 13.3. The zero-order chi connectivity index (χ0) is 24.5. The molecule has 1 aromatic heterocycles.